The van der Waals surface area contributed by atoms with Gasteiger partial charge in [-0.2, -0.15) is 18.4 Å². The van der Waals surface area contributed by atoms with E-state index in [0.717, 1.165) is 18.4 Å². The molecular formula is C28H30F3N5O5. The van der Waals surface area contributed by atoms with Crippen LogP contribution in [-0.2, 0) is 25.7 Å². The minimum Gasteiger partial charge on any atom is -0.475 e. The summed E-state index contributed by atoms with van der Waals surface area (Å²) in [4.78, 5) is 53.6. The highest BCUT2D eigenvalue weighted by Crippen LogP contribution is 2.48. The normalized spacial score (nSPS) is 25.1. The number of fused-ring (bicyclic) bond motifs is 1. The Morgan fingerprint density at radius 2 is 1.93 bits per heavy atom. The van der Waals surface area contributed by atoms with Crippen molar-refractivity contribution in [2.24, 2.45) is 17.8 Å². The molecule has 0 aromatic heterocycles. The van der Waals surface area contributed by atoms with E-state index in [1.807, 2.05) is 0 Å². The van der Waals surface area contributed by atoms with Gasteiger partial charge in [-0.3, -0.25) is 19.2 Å². The number of likely N-dealkylation sites (N-methyl/N-ethyl adjacent to an activating group) is 1. The summed E-state index contributed by atoms with van der Waals surface area (Å²) in [5.74, 6) is -5.23. The summed E-state index contributed by atoms with van der Waals surface area (Å²) in [6, 6.07) is 8.06. The van der Waals surface area contributed by atoms with Crippen molar-refractivity contribution < 1.29 is 37.1 Å². The summed E-state index contributed by atoms with van der Waals surface area (Å²) in [5.41, 5.74) is -1.27. The van der Waals surface area contributed by atoms with E-state index in [1.54, 1.807) is 29.6 Å². The van der Waals surface area contributed by atoms with E-state index in [2.05, 4.69) is 16.7 Å². The third-order valence-electron chi connectivity index (χ3n) is 8.08. The second-order valence-electron chi connectivity index (χ2n) is 11.1. The maximum absolute atomic E-state index is 14.3. The molecule has 3 N–H and O–H groups in total. The Balaban J connectivity index is 1.53. The quantitative estimate of drug-likeness (QED) is 0.427. The number of amides is 4. The first kappa shape index (κ1) is 28.4. The fourth-order valence-corrected chi connectivity index (χ4v) is 5.68. The first-order valence-corrected chi connectivity index (χ1v) is 13.6. The standard InChI is InChI=1S/C28H30F3N5O5/c1-33-23(37)22(35-26(40)28(29,30)31)21(16-8-9-16)19(10-15-6-7-15)24(38)36-14-27(11-18(36)12-32)25(39)34-13-17-4-2-3-5-20(17)41-27/h2-5,15-16,18-19H,6-11,13-14H2,1H3,(H,33,37)(H,34,39)(H,35,40)/t18-,19-,27+/m0/s1. The zero-order valence-corrected chi connectivity index (χ0v) is 22.3. The number of carbonyl (C=O) groups is 4. The zero-order chi connectivity index (χ0) is 29.5. The molecule has 0 radical (unpaired) electrons. The van der Waals surface area contributed by atoms with Crippen LogP contribution in [0.5, 0.6) is 5.75 Å². The van der Waals surface area contributed by atoms with Crippen molar-refractivity contribution in [2.75, 3.05) is 13.6 Å². The number of carbonyl (C=O) groups excluding carboxylic acids is 4. The van der Waals surface area contributed by atoms with E-state index in [0.29, 0.717) is 18.6 Å². The van der Waals surface area contributed by atoms with Crippen molar-refractivity contribution in [3.63, 3.8) is 0 Å². The van der Waals surface area contributed by atoms with E-state index in [9.17, 15) is 37.6 Å². The molecule has 1 saturated heterocycles. The number of nitriles is 1. The predicted molar refractivity (Wildman–Crippen MR) is 136 cm³/mol. The molecule has 1 aromatic rings. The summed E-state index contributed by atoms with van der Waals surface area (Å²) >= 11 is 0. The summed E-state index contributed by atoms with van der Waals surface area (Å²) in [6.45, 7) is -0.0528. The van der Waals surface area contributed by atoms with Gasteiger partial charge in [0.1, 0.15) is 17.5 Å². The highest BCUT2D eigenvalue weighted by Gasteiger charge is 2.56. The van der Waals surface area contributed by atoms with Gasteiger partial charge in [-0.05, 0) is 42.7 Å². The number of rotatable bonds is 7. The van der Waals surface area contributed by atoms with Crippen LogP contribution >= 0.6 is 0 Å². The summed E-state index contributed by atoms with van der Waals surface area (Å²) in [6.07, 6.45) is -2.46. The van der Waals surface area contributed by atoms with Gasteiger partial charge in [0.15, 0.2) is 0 Å². The van der Waals surface area contributed by atoms with Gasteiger partial charge in [0.25, 0.3) is 11.8 Å². The van der Waals surface area contributed by atoms with E-state index >= 15 is 0 Å². The Morgan fingerprint density at radius 3 is 2.54 bits per heavy atom. The fraction of sp³-hybridized carbons (Fsp3) is 0.536. The van der Waals surface area contributed by atoms with E-state index in [-0.39, 0.29) is 43.3 Å². The molecule has 2 heterocycles. The fourth-order valence-electron chi connectivity index (χ4n) is 5.68. The lowest BCUT2D eigenvalue weighted by Gasteiger charge is -2.30. The third-order valence-corrected chi connectivity index (χ3v) is 8.08. The van der Waals surface area contributed by atoms with E-state index < -0.39 is 53.1 Å². The van der Waals surface area contributed by atoms with Gasteiger partial charge in [-0.1, -0.05) is 31.0 Å². The molecule has 2 aliphatic carbocycles. The number of hydrogen-bond acceptors (Lipinski definition) is 6. The number of nitrogens with one attached hydrogen (secondary N) is 3. The zero-order valence-electron chi connectivity index (χ0n) is 22.3. The molecule has 13 heteroatoms. The molecule has 3 fully saturated rings. The molecule has 218 valence electrons. The summed E-state index contributed by atoms with van der Waals surface area (Å²) in [7, 11) is 1.22. The number of para-hydroxylation sites is 1. The van der Waals surface area contributed by atoms with E-state index in [4.69, 9.17) is 4.74 Å². The Morgan fingerprint density at radius 1 is 1.22 bits per heavy atom. The van der Waals surface area contributed by atoms with Crippen molar-refractivity contribution in [2.45, 2.75) is 62.9 Å². The summed E-state index contributed by atoms with van der Waals surface area (Å²) in [5, 5.41) is 16.9. The molecule has 1 aromatic carbocycles. The lowest BCUT2D eigenvalue weighted by molar-refractivity contribution is -0.173. The Hall–Kier alpha value is -4.08. The second kappa shape index (κ2) is 10.7. The molecule has 10 nitrogen and oxygen atoms in total. The Bertz CT molecular complexity index is 1350. The molecule has 41 heavy (non-hydrogen) atoms. The minimum absolute atomic E-state index is 0.100. The molecular weight excluding hydrogens is 543 g/mol. The minimum atomic E-state index is -5.25. The third kappa shape index (κ3) is 5.73. The maximum Gasteiger partial charge on any atom is 0.471 e. The lowest BCUT2D eigenvalue weighted by atomic mass is 9.86. The van der Waals surface area contributed by atoms with Crippen LogP contribution in [0.2, 0.25) is 0 Å². The smallest absolute Gasteiger partial charge is 0.471 e. The van der Waals surface area contributed by atoms with Crippen LogP contribution < -0.4 is 20.7 Å². The van der Waals surface area contributed by atoms with Gasteiger partial charge >= 0.3 is 12.1 Å². The molecule has 3 atom stereocenters. The number of nitrogens with zero attached hydrogens (tertiary/aromatic N) is 2. The van der Waals surface area contributed by atoms with Crippen LogP contribution in [0.15, 0.2) is 35.5 Å². The monoisotopic (exact) mass is 573 g/mol. The van der Waals surface area contributed by atoms with Crippen LogP contribution in [0.1, 0.15) is 44.1 Å². The maximum atomic E-state index is 14.3. The van der Waals surface area contributed by atoms with Crippen molar-refractivity contribution >= 4 is 23.6 Å². The van der Waals surface area contributed by atoms with Crippen molar-refractivity contribution in [1.29, 1.82) is 5.26 Å². The summed E-state index contributed by atoms with van der Waals surface area (Å²) < 4.78 is 45.9. The van der Waals surface area contributed by atoms with Gasteiger partial charge in [-0.15, -0.1) is 0 Å². The number of likely N-dealkylation sites (tertiary alicyclic amines) is 1. The highest BCUT2D eigenvalue weighted by molar-refractivity contribution is 6.00. The average molecular weight is 574 g/mol. The van der Waals surface area contributed by atoms with Gasteiger partial charge in [0.2, 0.25) is 11.5 Å². The molecule has 4 aliphatic rings. The molecule has 2 aliphatic heterocycles. The number of hydrogen-bond donors (Lipinski definition) is 3. The number of halogens is 3. The number of ether oxygens (including phenoxy) is 1. The largest absolute Gasteiger partial charge is 0.475 e. The average Bonchev–Trinajstić information content (AvgIpc) is 3.88. The van der Waals surface area contributed by atoms with Crippen molar-refractivity contribution in [3.05, 3.63) is 41.1 Å². The first-order valence-electron chi connectivity index (χ1n) is 13.6. The van der Waals surface area contributed by atoms with E-state index in [1.165, 1.54) is 11.9 Å². The Kier molecular flexibility index (Phi) is 7.44. The first-order chi connectivity index (χ1) is 19.5. The Labute approximate surface area is 234 Å². The molecule has 0 unspecified atom stereocenters. The predicted octanol–water partition coefficient (Wildman–Crippen LogP) is 2.06. The molecule has 4 amide bonds. The van der Waals surface area contributed by atoms with Gasteiger partial charge in [-0.25, -0.2) is 0 Å². The number of alkyl halides is 3. The number of benzene rings is 1. The molecule has 0 bridgehead atoms. The highest BCUT2D eigenvalue weighted by atomic mass is 19.4. The van der Waals surface area contributed by atoms with Gasteiger partial charge < -0.3 is 25.6 Å². The van der Waals surface area contributed by atoms with Crippen LogP contribution in [0.4, 0.5) is 13.2 Å². The van der Waals surface area contributed by atoms with Crippen LogP contribution in [0, 0.1) is 29.1 Å². The lowest BCUT2D eigenvalue weighted by Crippen LogP contribution is -2.52. The van der Waals surface area contributed by atoms with Crippen LogP contribution in [-0.4, -0.2) is 59.9 Å². The SMILES string of the molecule is CNC(=O)C(NC(=O)C(F)(F)F)=C(C1CC1)[C@H](CC1CC1)C(=O)N1C[C@@]2(C[C@H]1C#N)Oc1ccccc1CNC2=O. The molecule has 2 saturated carbocycles. The van der Waals surface area contributed by atoms with Crippen molar-refractivity contribution in [1.82, 2.24) is 20.9 Å². The topological polar surface area (TPSA) is 141 Å². The van der Waals surface area contributed by atoms with Gasteiger partial charge in [0.05, 0.1) is 18.5 Å². The van der Waals surface area contributed by atoms with Gasteiger partial charge in [0, 0.05) is 25.6 Å². The van der Waals surface area contributed by atoms with Crippen LogP contribution in [0.25, 0.3) is 0 Å². The molecule has 1 spiro atoms. The molecule has 5 rings (SSSR count). The van der Waals surface area contributed by atoms with Crippen molar-refractivity contribution in [3.8, 4) is 11.8 Å². The van der Waals surface area contributed by atoms with Crippen LogP contribution in [0.3, 0.4) is 0 Å². The second-order valence-corrected chi connectivity index (χ2v) is 11.1.